The van der Waals surface area contributed by atoms with Crippen molar-refractivity contribution < 1.29 is 9.59 Å². The molecule has 2 aromatic carbocycles. The number of hydrogen-bond donors (Lipinski definition) is 1. The minimum atomic E-state index is -0.122. The second-order valence-corrected chi connectivity index (χ2v) is 8.52. The molecule has 3 amide bonds. The number of para-hydroxylation sites is 1. The third-order valence-electron chi connectivity index (χ3n) is 6.24. The molecule has 1 atom stereocenters. The van der Waals surface area contributed by atoms with E-state index in [-0.39, 0.29) is 17.9 Å². The summed E-state index contributed by atoms with van der Waals surface area (Å²) in [6, 6.07) is 19.6. The number of urea groups is 1. The van der Waals surface area contributed by atoms with E-state index in [0.29, 0.717) is 13.1 Å². The molecule has 0 spiro atoms. The normalized spacial score (nSPS) is 19.8. The Morgan fingerprint density at radius 3 is 2.28 bits per heavy atom. The summed E-state index contributed by atoms with van der Waals surface area (Å²) >= 11 is 0. The summed E-state index contributed by atoms with van der Waals surface area (Å²) in [5.74, 6) is 0.0940. The first-order chi connectivity index (χ1) is 15.7. The van der Waals surface area contributed by atoms with Gasteiger partial charge in [0.2, 0.25) is 5.91 Å². The second kappa shape index (κ2) is 11.0. The maximum absolute atomic E-state index is 13.1. The summed E-state index contributed by atoms with van der Waals surface area (Å²) in [4.78, 5) is 31.9. The average Bonchev–Trinajstić information content (AvgIpc) is 2.85. The van der Waals surface area contributed by atoms with E-state index in [1.165, 1.54) is 5.56 Å². The molecule has 0 radical (unpaired) electrons. The lowest BCUT2D eigenvalue weighted by molar-refractivity contribution is -0.138. The molecule has 0 aromatic heterocycles. The van der Waals surface area contributed by atoms with E-state index < -0.39 is 0 Å². The Morgan fingerprint density at radius 1 is 0.875 bits per heavy atom. The molecule has 1 N–H and O–H groups in total. The maximum Gasteiger partial charge on any atom is 0.321 e. The lowest BCUT2D eigenvalue weighted by atomic mass is 9.96. The van der Waals surface area contributed by atoms with Crippen molar-refractivity contribution in [3.05, 3.63) is 72.3 Å². The number of piperazine rings is 1. The van der Waals surface area contributed by atoms with Gasteiger partial charge in [-0.05, 0) is 30.5 Å². The fourth-order valence-electron chi connectivity index (χ4n) is 4.40. The van der Waals surface area contributed by atoms with Crippen molar-refractivity contribution in [2.45, 2.75) is 12.8 Å². The molecule has 2 aromatic rings. The summed E-state index contributed by atoms with van der Waals surface area (Å²) in [5, 5.41) is 2.94. The van der Waals surface area contributed by atoms with E-state index in [9.17, 15) is 9.59 Å². The molecule has 1 unspecified atom stereocenters. The summed E-state index contributed by atoms with van der Waals surface area (Å²) in [5.41, 5.74) is 1.99. The molecule has 0 bridgehead atoms. The van der Waals surface area contributed by atoms with Crippen LogP contribution in [0.2, 0.25) is 0 Å². The summed E-state index contributed by atoms with van der Waals surface area (Å²) < 4.78 is 0. The van der Waals surface area contributed by atoms with E-state index in [2.05, 4.69) is 34.5 Å². The van der Waals surface area contributed by atoms with E-state index in [4.69, 9.17) is 0 Å². The Labute approximate surface area is 190 Å². The van der Waals surface area contributed by atoms with Crippen LogP contribution in [0.1, 0.15) is 18.4 Å². The zero-order chi connectivity index (χ0) is 22.2. The van der Waals surface area contributed by atoms with Gasteiger partial charge in [0, 0.05) is 51.5 Å². The molecular formula is C26H32N4O2. The monoisotopic (exact) mass is 432 g/mol. The van der Waals surface area contributed by atoms with Gasteiger partial charge in [0.25, 0.3) is 0 Å². The number of hydrogen-bond acceptors (Lipinski definition) is 3. The number of likely N-dealkylation sites (tertiary alicyclic amines) is 1. The van der Waals surface area contributed by atoms with Gasteiger partial charge in [-0.25, -0.2) is 4.79 Å². The smallest absolute Gasteiger partial charge is 0.321 e. The van der Waals surface area contributed by atoms with Crippen LogP contribution in [0.25, 0.3) is 6.08 Å². The predicted molar refractivity (Wildman–Crippen MR) is 128 cm³/mol. The predicted octanol–water partition coefficient (Wildman–Crippen LogP) is 3.79. The molecule has 2 saturated heterocycles. The number of anilines is 1. The number of nitrogens with one attached hydrogen (secondary N) is 1. The maximum atomic E-state index is 13.1. The largest absolute Gasteiger partial charge is 0.340 e. The lowest BCUT2D eigenvalue weighted by Crippen LogP contribution is -2.53. The highest BCUT2D eigenvalue weighted by atomic mass is 16.2. The summed E-state index contributed by atoms with van der Waals surface area (Å²) in [6.07, 6.45) is 6.06. The third kappa shape index (κ3) is 5.98. The average molecular weight is 433 g/mol. The van der Waals surface area contributed by atoms with Crippen LogP contribution in [0.3, 0.4) is 0 Å². The molecule has 2 fully saturated rings. The minimum absolute atomic E-state index is 0.102. The highest BCUT2D eigenvalue weighted by molar-refractivity contribution is 5.90. The minimum Gasteiger partial charge on any atom is -0.340 e. The van der Waals surface area contributed by atoms with Gasteiger partial charge in [0.15, 0.2) is 0 Å². The van der Waals surface area contributed by atoms with Gasteiger partial charge in [0.1, 0.15) is 0 Å². The van der Waals surface area contributed by atoms with E-state index in [1.54, 1.807) is 4.90 Å². The van der Waals surface area contributed by atoms with Crippen LogP contribution in [-0.2, 0) is 4.79 Å². The first kappa shape index (κ1) is 22.1. The Morgan fingerprint density at radius 2 is 1.56 bits per heavy atom. The van der Waals surface area contributed by atoms with E-state index >= 15 is 0 Å². The molecular weight excluding hydrogens is 400 g/mol. The molecule has 4 rings (SSSR count). The zero-order valence-corrected chi connectivity index (χ0v) is 18.5. The number of rotatable bonds is 5. The van der Waals surface area contributed by atoms with Crippen molar-refractivity contribution in [2.24, 2.45) is 5.92 Å². The Balaban J connectivity index is 1.23. The van der Waals surface area contributed by atoms with Gasteiger partial charge in [-0.3, -0.25) is 9.69 Å². The molecule has 32 heavy (non-hydrogen) atoms. The second-order valence-electron chi connectivity index (χ2n) is 8.52. The van der Waals surface area contributed by atoms with Crippen LogP contribution < -0.4 is 5.32 Å². The van der Waals surface area contributed by atoms with Gasteiger partial charge >= 0.3 is 6.03 Å². The van der Waals surface area contributed by atoms with Crippen molar-refractivity contribution >= 4 is 23.7 Å². The fourth-order valence-corrected chi connectivity index (χ4v) is 4.40. The Hall–Kier alpha value is -3.12. The standard InChI is InChI=1S/C26H32N4O2/c31-25(23-12-8-16-30(21-23)26(32)27-24-13-5-2-6-14-24)29-19-17-28(18-20-29)15-7-11-22-9-3-1-4-10-22/h1-7,9-11,13-14,23H,8,12,15-21H2,(H,27,32). The highest BCUT2D eigenvalue weighted by Crippen LogP contribution is 2.21. The fraction of sp³-hybridized carbons (Fsp3) is 0.385. The summed E-state index contributed by atoms with van der Waals surface area (Å²) in [7, 11) is 0. The number of carbonyl (C=O) groups excluding carboxylic acids is 2. The SMILES string of the molecule is O=C(Nc1ccccc1)N1CCCC(C(=O)N2CCN(CC=Cc3ccccc3)CC2)C1. The molecule has 2 aliphatic heterocycles. The zero-order valence-electron chi connectivity index (χ0n) is 18.5. The van der Waals surface area contributed by atoms with Crippen LogP contribution in [0.15, 0.2) is 66.7 Å². The van der Waals surface area contributed by atoms with Crippen LogP contribution in [0.5, 0.6) is 0 Å². The van der Waals surface area contributed by atoms with E-state index in [0.717, 1.165) is 51.3 Å². The van der Waals surface area contributed by atoms with E-state index in [1.807, 2.05) is 53.4 Å². The highest BCUT2D eigenvalue weighted by Gasteiger charge is 2.32. The van der Waals surface area contributed by atoms with Crippen LogP contribution in [-0.4, -0.2) is 72.5 Å². The Bertz CT molecular complexity index is 908. The molecule has 0 saturated carbocycles. The van der Waals surface area contributed by atoms with Gasteiger partial charge in [-0.15, -0.1) is 0 Å². The topological polar surface area (TPSA) is 55.9 Å². The molecule has 0 aliphatic carbocycles. The van der Waals surface area contributed by atoms with Gasteiger partial charge < -0.3 is 15.1 Å². The van der Waals surface area contributed by atoms with Gasteiger partial charge in [-0.2, -0.15) is 0 Å². The van der Waals surface area contributed by atoms with Crippen molar-refractivity contribution in [2.75, 3.05) is 51.1 Å². The molecule has 2 aliphatic rings. The lowest BCUT2D eigenvalue weighted by Gasteiger charge is -2.38. The third-order valence-corrected chi connectivity index (χ3v) is 6.24. The van der Waals surface area contributed by atoms with Crippen LogP contribution >= 0.6 is 0 Å². The van der Waals surface area contributed by atoms with Crippen molar-refractivity contribution in [3.63, 3.8) is 0 Å². The summed E-state index contributed by atoms with van der Waals surface area (Å²) in [6.45, 7) is 5.37. The number of amides is 3. The molecule has 168 valence electrons. The van der Waals surface area contributed by atoms with Crippen molar-refractivity contribution in [1.29, 1.82) is 0 Å². The number of piperidine rings is 1. The van der Waals surface area contributed by atoms with Crippen molar-refractivity contribution in [1.82, 2.24) is 14.7 Å². The van der Waals surface area contributed by atoms with Crippen molar-refractivity contribution in [3.8, 4) is 0 Å². The van der Waals surface area contributed by atoms with Crippen LogP contribution in [0, 0.1) is 5.92 Å². The number of nitrogens with zero attached hydrogens (tertiary/aromatic N) is 3. The Kier molecular flexibility index (Phi) is 7.56. The van der Waals surface area contributed by atoms with Crippen LogP contribution in [0.4, 0.5) is 10.5 Å². The molecule has 6 nitrogen and oxygen atoms in total. The number of benzene rings is 2. The van der Waals surface area contributed by atoms with Gasteiger partial charge in [0.05, 0.1) is 5.92 Å². The first-order valence-electron chi connectivity index (χ1n) is 11.5. The number of carbonyl (C=O) groups is 2. The molecule has 2 heterocycles. The molecule has 6 heteroatoms. The first-order valence-corrected chi connectivity index (χ1v) is 11.5. The quantitative estimate of drug-likeness (QED) is 0.782. The van der Waals surface area contributed by atoms with Gasteiger partial charge in [-0.1, -0.05) is 60.7 Å².